The number of alkyl halides is 1. The van der Waals surface area contributed by atoms with Crippen molar-refractivity contribution in [1.82, 2.24) is 9.96 Å². The third-order valence-electron chi connectivity index (χ3n) is 4.81. The van der Waals surface area contributed by atoms with Gasteiger partial charge in [0, 0.05) is 6.92 Å². The molecule has 0 aromatic heterocycles. The summed E-state index contributed by atoms with van der Waals surface area (Å²) in [6.07, 6.45) is 1.38. The summed E-state index contributed by atoms with van der Waals surface area (Å²) >= 11 is -0.319. The molecule has 0 aromatic carbocycles. The molecular weight excluding hydrogens is 494 g/mol. The van der Waals surface area contributed by atoms with Gasteiger partial charge in [0.15, 0.2) is 0 Å². The van der Waals surface area contributed by atoms with E-state index in [2.05, 4.69) is 6.92 Å². The Labute approximate surface area is 181 Å². The zero-order valence-electron chi connectivity index (χ0n) is 17.5. The number of carbonyl (C=O) groups is 2. The number of rotatable bonds is 10. The van der Waals surface area contributed by atoms with Crippen LogP contribution in [0, 0.1) is 5.92 Å². The van der Waals surface area contributed by atoms with Crippen LogP contribution in [0.5, 0.6) is 0 Å². The molecule has 164 valence electrons. The fourth-order valence-corrected chi connectivity index (χ4v) is 5.34. The molecule has 2 aliphatic rings. The number of ether oxygens (including phenoxy) is 2. The van der Waals surface area contributed by atoms with Crippen molar-refractivity contribution in [1.29, 1.82) is 0 Å². The van der Waals surface area contributed by atoms with Crippen LogP contribution in [-0.2, 0) is 19.1 Å². The predicted molar refractivity (Wildman–Crippen MR) is 102 cm³/mol. The monoisotopic (exact) mass is 523 g/mol. The molecule has 0 saturated heterocycles. The molecule has 9 heteroatoms. The van der Waals surface area contributed by atoms with E-state index >= 15 is 0 Å². The minimum absolute atomic E-state index is 0.0240. The van der Waals surface area contributed by atoms with Crippen LogP contribution < -0.4 is 21.2 Å². The number of hydrogen-bond acceptors (Lipinski definition) is 6. The van der Waals surface area contributed by atoms with Crippen molar-refractivity contribution in [3.8, 4) is 0 Å². The Bertz CT molecular complexity index is 722. The van der Waals surface area contributed by atoms with Crippen molar-refractivity contribution in [2.45, 2.75) is 31.1 Å². The SMILES string of the molecule is CCOC(=O)O/C(=C\C1=C2C(C)[I-]C=C(F)[C@H]12)CCN(CCN(C)C(C)=O)OC. The van der Waals surface area contributed by atoms with Gasteiger partial charge in [-0.3, -0.25) is 4.79 Å². The van der Waals surface area contributed by atoms with Gasteiger partial charge in [-0.15, -0.1) is 0 Å². The molecule has 0 radical (unpaired) electrons. The van der Waals surface area contributed by atoms with E-state index in [0.29, 0.717) is 35.7 Å². The summed E-state index contributed by atoms with van der Waals surface area (Å²) in [4.78, 5) is 30.1. The van der Waals surface area contributed by atoms with Gasteiger partial charge >= 0.3 is 170 Å². The van der Waals surface area contributed by atoms with Crippen molar-refractivity contribution < 1.29 is 49.5 Å². The maximum absolute atomic E-state index is 14.1. The van der Waals surface area contributed by atoms with Crippen LogP contribution in [0.3, 0.4) is 0 Å². The first-order valence-electron chi connectivity index (χ1n) is 9.55. The molecule has 2 atom stereocenters. The zero-order valence-corrected chi connectivity index (χ0v) is 19.7. The topological polar surface area (TPSA) is 68.3 Å². The second kappa shape index (κ2) is 11.1. The van der Waals surface area contributed by atoms with E-state index in [0.717, 1.165) is 11.1 Å². The van der Waals surface area contributed by atoms with Crippen LogP contribution in [0.15, 0.2) is 32.9 Å². The number of nitrogens with zero attached hydrogens (tertiary/aromatic N) is 2. The average Bonchev–Trinajstić information content (AvgIpc) is 3.39. The molecular formula is C20H29FIN2O5-. The second-order valence-electron chi connectivity index (χ2n) is 6.78. The van der Waals surface area contributed by atoms with Crippen molar-refractivity contribution in [2.75, 3.05) is 40.4 Å². The molecule has 0 saturated carbocycles. The Morgan fingerprint density at radius 3 is 2.62 bits per heavy atom. The molecule has 0 spiro atoms. The van der Waals surface area contributed by atoms with Crippen LogP contribution in [0.4, 0.5) is 9.18 Å². The van der Waals surface area contributed by atoms with Crippen molar-refractivity contribution >= 4 is 12.1 Å². The number of hydroxylamine groups is 2. The minimum atomic E-state index is -0.773. The van der Waals surface area contributed by atoms with E-state index in [-0.39, 0.29) is 45.5 Å². The fraction of sp³-hybridized carbons (Fsp3) is 0.600. The van der Waals surface area contributed by atoms with E-state index in [1.165, 1.54) is 6.92 Å². The normalized spacial score (nSPS) is 21.2. The van der Waals surface area contributed by atoms with Crippen molar-refractivity contribution in [3.05, 3.63) is 32.9 Å². The first kappa shape index (κ1) is 23.8. The number of hydrogen-bond donors (Lipinski definition) is 0. The Morgan fingerprint density at radius 2 is 2.03 bits per heavy atom. The van der Waals surface area contributed by atoms with E-state index < -0.39 is 6.16 Å². The van der Waals surface area contributed by atoms with Gasteiger partial charge in [-0.25, -0.2) is 0 Å². The predicted octanol–water partition coefficient (Wildman–Crippen LogP) is 0.00360. The number of amides is 1. The Kier molecular flexibility index (Phi) is 9.09. The zero-order chi connectivity index (χ0) is 21.6. The molecule has 0 aromatic rings. The first-order valence-corrected chi connectivity index (χ1v) is 12.0. The molecule has 1 amide bonds. The maximum atomic E-state index is 14.1. The molecule has 0 fully saturated rings. The van der Waals surface area contributed by atoms with Crippen LogP contribution in [0.1, 0.15) is 27.2 Å². The number of allylic oxidation sites excluding steroid dienone is 4. The van der Waals surface area contributed by atoms with E-state index in [4.69, 9.17) is 14.3 Å². The van der Waals surface area contributed by atoms with Gasteiger partial charge in [0.2, 0.25) is 0 Å². The Balaban J connectivity index is 2.04. The summed E-state index contributed by atoms with van der Waals surface area (Å²) in [5, 5.41) is 1.69. The summed E-state index contributed by atoms with van der Waals surface area (Å²) < 4.78 is 26.5. The Morgan fingerprint density at radius 1 is 1.31 bits per heavy atom. The van der Waals surface area contributed by atoms with Gasteiger partial charge in [0.05, 0.1) is 0 Å². The first-order chi connectivity index (χ1) is 13.8. The van der Waals surface area contributed by atoms with Crippen molar-refractivity contribution in [2.24, 2.45) is 5.92 Å². The number of likely N-dealkylation sites (N-methyl/N-ethyl adjacent to an activating group) is 1. The van der Waals surface area contributed by atoms with Crippen LogP contribution in [0.2, 0.25) is 0 Å². The van der Waals surface area contributed by atoms with Gasteiger partial charge in [0.25, 0.3) is 0 Å². The van der Waals surface area contributed by atoms with E-state index in [1.807, 2.05) is 0 Å². The summed E-state index contributed by atoms with van der Waals surface area (Å²) in [5.74, 6) is 0.0602. The molecule has 1 aliphatic heterocycles. The van der Waals surface area contributed by atoms with Crippen molar-refractivity contribution in [3.63, 3.8) is 0 Å². The molecule has 0 bridgehead atoms. The molecule has 2 rings (SSSR count). The van der Waals surface area contributed by atoms with E-state index in [9.17, 15) is 14.0 Å². The molecule has 29 heavy (non-hydrogen) atoms. The number of carbonyl (C=O) groups excluding carboxylic acids is 2. The van der Waals surface area contributed by atoms with Gasteiger partial charge in [-0.1, -0.05) is 0 Å². The summed E-state index contributed by atoms with van der Waals surface area (Å²) in [7, 11) is 3.27. The Hall–Kier alpha value is -1.46. The average molecular weight is 523 g/mol. The molecule has 7 nitrogen and oxygen atoms in total. The molecule has 1 unspecified atom stereocenters. The second-order valence-corrected chi connectivity index (χ2v) is 9.99. The van der Waals surface area contributed by atoms with Crippen LogP contribution in [-0.4, -0.2) is 66.3 Å². The number of halogens is 2. The summed E-state index contributed by atoms with van der Waals surface area (Å²) in [6.45, 7) is 7.00. The summed E-state index contributed by atoms with van der Waals surface area (Å²) in [6, 6.07) is 0. The summed E-state index contributed by atoms with van der Waals surface area (Å²) in [5.41, 5.74) is 2.03. The third kappa shape index (κ3) is 6.78. The quantitative estimate of drug-likeness (QED) is 0.132. The van der Waals surface area contributed by atoms with Gasteiger partial charge < -0.3 is 0 Å². The van der Waals surface area contributed by atoms with Crippen LogP contribution in [0.25, 0.3) is 0 Å². The van der Waals surface area contributed by atoms with Gasteiger partial charge in [-0.05, 0) is 0 Å². The van der Waals surface area contributed by atoms with Gasteiger partial charge in [0.1, 0.15) is 0 Å². The molecule has 1 heterocycles. The van der Waals surface area contributed by atoms with Gasteiger partial charge in [-0.2, -0.15) is 0 Å². The number of fused-ring (bicyclic) bond motifs is 1. The third-order valence-corrected chi connectivity index (χ3v) is 7.52. The molecule has 0 N–H and O–H groups in total. The molecule has 1 aliphatic carbocycles. The fourth-order valence-electron chi connectivity index (χ4n) is 2.99. The standard InChI is InChI=1S/C20H29FIN2O5/c1-6-28-20(26)29-15(7-8-24(27-5)10-9-23(4)14(3)25)11-16-18-13(2)22-12-17(21)19(16)18/h11-13,19H,6-10H2,1-5H3/q-1/b15-11-/t13?,19-/m0/s1. The van der Waals surface area contributed by atoms with E-state index in [1.54, 1.807) is 41.2 Å². The van der Waals surface area contributed by atoms with Crippen LogP contribution >= 0.6 is 0 Å².